The highest BCUT2D eigenvalue weighted by molar-refractivity contribution is 5.80. The van der Waals surface area contributed by atoms with Gasteiger partial charge in [-0.1, -0.05) is 115 Å². The minimum atomic E-state index is -1.66. The van der Waals surface area contributed by atoms with Gasteiger partial charge < -0.3 is 50.5 Å². The number of aliphatic hydroxyl groups excluding tert-OH is 7. The van der Waals surface area contributed by atoms with Gasteiger partial charge in [0.25, 0.3) is 0 Å². The van der Waals surface area contributed by atoms with Gasteiger partial charge >= 0.3 is 0 Å². The molecule has 1 rings (SSSR count). The average Bonchev–Trinajstić information content (AvgIpc) is 3.07. The summed E-state index contributed by atoms with van der Waals surface area (Å²) < 4.78 is 10.9. The molecule has 0 bridgehead atoms. The van der Waals surface area contributed by atoms with Crippen LogP contribution in [-0.2, 0) is 14.3 Å². The minimum absolute atomic E-state index is 0.252. The monoisotopic (exact) mass is 673 g/mol. The van der Waals surface area contributed by atoms with Gasteiger partial charge in [-0.15, -0.1) is 0 Å². The number of carbonyl (C=O) groups excluding carboxylic acids is 1. The van der Waals surface area contributed by atoms with Crippen LogP contribution in [0, 0.1) is 0 Å². The van der Waals surface area contributed by atoms with Crippen molar-refractivity contribution in [3.05, 3.63) is 24.3 Å². The van der Waals surface area contributed by atoms with Gasteiger partial charge in [0.15, 0.2) is 6.29 Å². The fraction of sp³-hybridized carbons (Fsp3) is 0.861. The average molecular weight is 674 g/mol. The lowest BCUT2D eigenvalue weighted by Crippen LogP contribution is -2.60. The van der Waals surface area contributed by atoms with Crippen molar-refractivity contribution in [2.45, 2.75) is 184 Å². The molecule has 0 aromatic heterocycles. The maximum absolute atomic E-state index is 12.8. The van der Waals surface area contributed by atoms with Crippen molar-refractivity contribution in [3.8, 4) is 0 Å². The first-order chi connectivity index (χ1) is 22.7. The summed E-state index contributed by atoms with van der Waals surface area (Å²) >= 11 is 0. The van der Waals surface area contributed by atoms with Gasteiger partial charge in [0.05, 0.1) is 25.4 Å². The number of ether oxygens (including phenoxy) is 2. The SMILES string of the molecule is CCCCC/C=C\C=C/CCCCCCCCCCCC(O)C(=O)NC(COC1OC(CO)C(O)C(O)C1O)C(O)C(O)CCCC. The second-order valence-electron chi connectivity index (χ2n) is 13.0. The Kier molecular flexibility index (Phi) is 25.4. The molecule has 47 heavy (non-hydrogen) atoms. The quantitative estimate of drug-likeness (QED) is 0.0451. The summed E-state index contributed by atoms with van der Waals surface area (Å²) in [6.45, 7) is 3.09. The summed E-state index contributed by atoms with van der Waals surface area (Å²) in [7, 11) is 0. The van der Waals surface area contributed by atoms with E-state index in [1.807, 2.05) is 6.92 Å². The summed E-state index contributed by atoms with van der Waals surface area (Å²) in [6.07, 6.45) is 15.3. The van der Waals surface area contributed by atoms with Crippen LogP contribution in [0.1, 0.15) is 129 Å². The molecule has 0 aromatic rings. The van der Waals surface area contributed by atoms with Crippen LogP contribution in [-0.4, -0.2) is 110 Å². The molecule has 11 nitrogen and oxygen atoms in total. The minimum Gasteiger partial charge on any atom is -0.394 e. The van der Waals surface area contributed by atoms with E-state index < -0.39 is 74.2 Å². The molecule has 9 unspecified atom stereocenters. The molecule has 1 saturated heterocycles. The van der Waals surface area contributed by atoms with E-state index in [2.05, 4.69) is 36.5 Å². The van der Waals surface area contributed by atoms with Crippen molar-refractivity contribution < 1.29 is 50.0 Å². The second kappa shape index (κ2) is 27.4. The number of aliphatic hydroxyl groups is 7. The van der Waals surface area contributed by atoms with Gasteiger partial charge in [-0.2, -0.15) is 0 Å². The van der Waals surface area contributed by atoms with Gasteiger partial charge in [0.2, 0.25) is 5.91 Å². The van der Waals surface area contributed by atoms with Gasteiger partial charge in [0.1, 0.15) is 36.6 Å². The zero-order chi connectivity index (χ0) is 34.9. The number of rotatable bonds is 28. The smallest absolute Gasteiger partial charge is 0.249 e. The number of carbonyl (C=O) groups is 1. The maximum atomic E-state index is 12.8. The Balaban J connectivity index is 2.35. The molecule has 0 aliphatic carbocycles. The lowest BCUT2D eigenvalue weighted by Gasteiger charge is -2.40. The second-order valence-corrected chi connectivity index (χ2v) is 13.0. The van der Waals surface area contributed by atoms with E-state index in [1.54, 1.807) is 0 Å². The molecule has 0 spiro atoms. The third-order valence-electron chi connectivity index (χ3n) is 8.78. The fourth-order valence-electron chi connectivity index (χ4n) is 5.59. The van der Waals surface area contributed by atoms with Crippen LogP contribution in [0.5, 0.6) is 0 Å². The van der Waals surface area contributed by atoms with Gasteiger partial charge in [-0.05, 0) is 38.5 Å². The molecular formula is C36H67NO10. The number of hydrogen-bond acceptors (Lipinski definition) is 10. The van der Waals surface area contributed by atoms with Crippen LogP contribution in [0.4, 0.5) is 0 Å². The van der Waals surface area contributed by atoms with Crippen molar-refractivity contribution in [2.75, 3.05) is 13.2 Å². The van der Waals surface area contributed by atoms with Gasteiger partial charge in [0, 0.05) is 0 Å². The number of hydrogen-bond donors (Lipinski definition) is 8. The van der Waals surface area contributed by atoms with Crippen molar-refractivity contribution in [1.82, 2.24) is 5.32 Å². The molecule has 276 valence electrons. The predicted octanol–water partition coefficient (Wildman–Crippen LogP) is 3.54. The molecule has 8 N–H and O–H groups in total. The third kappa shape index (κ3) is 18.8. The van der Waals surface area contributed by atoms with E-state index in [4.69, 9.17) is 9.47 Å². The van der Waals surface area contributed by atoms with E-state index in [0.717, 1.165) is 32.1 Å². The molecule has 0 radical (unpaired) electrons. The summed E-state index contributed by atoms with van der Waals surface area (Å²) in [5.41, 5.74) is 0. The first-order valence-corrected chi connectivity index (χ1v) is 18.3. The summed E-state index contributed by atoms with van der Waals surface area (Å²) in [5.74, 6) is -0.716. The molecule has 1 aliphatic rings. The zero-order valence-corrected chi connectivity index (χ0v) is 29.0. The van der Waals surface area contributed by atoms with Crippen molar-refractivity contribution in [2.24, 2.45) is 0 Å². The summed E-state index contributed by atoms with van der Waals surface area (Å²) in [6, 6.07) is -1.16. The van der Waals surface area contributed by atoms with Crippen LogP contribution in [0.2, 0.25) is 0 Å². The molecular weight excluding hydrogens is 606 g/mol. The molecule has 1 amide bonds. The Hall–Kier alpha value is -1.41. The van der Waals surface area contributed by atoms with Crippen LogP contribution in [0.25, 0.3) is 0 Å². The van der Waals surface area contributed by atoms with E-state index in [0.29, 0.717) is 12.8 Å². The number of unbranched alkanes of at least 4 members (excludes halogenated alkanes) is 13. The summed E-state index contributed by atoms with van der Waals surface area (Å²) in [5, 5.41) is 74.0. The van der Waals surface area contributed by atoms with Crippen LogP contribution in [0.3, 0.4) is 0 Å². The Labute approximate surface area is 283 Å². The normalized spacial score (nSPS) is 24.5. The van der Waals surface area contributed by atoms with Crippen LogP contribution >= 0.6 is 0 Å². The maximum Gasteiger partial charge on any atom is 0.249 e. The largest absolute Gasteiger partial charge is 0.394 e. The molecule has 0 aromatic carbocycles. The van der Waals surface area contributed by atoms with Crippen LogP contribution < -0.4 is 5.32 Å². The number of nitrogens with one attached hydrogen (secondary N) is 1. The Morgan fingerprint density at radius 2 is 1.30 bits per heavy atom. The van der Waals surface area contributed by atoms with Crippen molar-refractivity contribution >= 4 is 5.91 Å². The molecule has 1 heterocycles. The Bertz CT molecular complexity index is 826. The number of allylic oxidation sites excluding steroid dienone is 4. The lowest BCUT2D eigenvalue weighted by molar-refractivity contribution is -0.303. The van der Waals surface area contributed by atoms with Crippen molar-refractivity contribution in [3.63, 3.8) is 0 Å². The number of amides is 1. The topological polar surface area (TPSA) is 189 Å². The Morgan fingerprint density at radius 1 is 0.745 bits per heavy atom. The van der Waals surface area contributed by atoms with Gasteiger partial charge in [-0.3, -0.25) is 4.79 Å². The first-order valence-electron chi connectivity index (χ1n) is 18.3. The highest BCUT2D eigenvalue weighted by atomic mass is 16.7. The Morgan fingerprint density at radius 3 is 1.87 bits per heavy atom. The standard InChI is InChI=1S/C36H67NO10/c1-3-5-7-8-9-10-11-12-13-14-15-16-17-18-19-20-21-22-24-29(40)35(45)37-27(31(41)28(39)23-6-4-2)26-46-36-34(44)33(43)32(42)30(25-38)47-36/h9-12,27-34,36,38-44H,3-8,13-26H2,1-2H3,(H,37,45)/b10-9-,12-11-. The molecule has 1 fully saturated rings. The molecule has 0 saturated carbocycles. The van der Waals surface area contributed by atoms with E-state index in [9.17, 15) is 40.5 Å². The molecule has 11 heteroatoms. The first kappa shape index (κ1) is 43.6. The van der Waals surface area contributed by atoms with E-state index >= 15 is 0 Å². The zero-order valence-electron chi connectivity index (χ0n) is 29.0. The molecule has 9 atom stereocenters. The highest BCUT2D eigenvalue weighted by Gasteiger charge is 2.44. The highest BCUT2D eigenvalue weighted by Crippen LogP contribution is 2.23. The lowest BCUT2D eigenvalue weighted by atomic mass is 9.99. The molecule has 1 aliphatic heterocycles. The predicted molar refractivity (Wildman–Crippen MR) is 182 cm³/mol. The van der Waals surface area contributed by atoms with Gasteiger partial charge in [-0.25, -0.2) is 0 Å². The fourth-order valence-corrected chi connectivity index (χ4v) is 5.59. The van der Waals surface area contributed by atoms with E-state index in [1.165, 1.54) is 57.8 Å². The van der Waals surface area contributed by atoms with E-state index in [-0.39, 0.29) is 12.8 Å². The third-order valence-corrected chi connectivity index (χ3v) is 8.78. The van der Waals surface area contributed by atoms with Crippen LogP contribution in [0.15, 0.2) is 24.3 Å². The summed E-state index contributed by atoms with van der Waals surface area (Å²) in [4.78, 5) is 12.8. The van der Waals surface area contributed by atoms with Crippen molar-refractivity contribution in [1.29, 1.82) is 0 Å².